The lowest BCUT2D eigenvalue weighted by Crippen LogP contribution is -2.00. The topological polar surface area (TPSA) is 38.7 Å². The third-order valence-electron chi connectivity index (χ3n) is 8.43. The Hall–Kier alpha value is -5.19. The van der Waals surface area contributed by atoms with Gasteiger partial charge in [0, 0.05) is 42.4 Å². The SMILES string of the molecule is CC1=C(c2c(C)ccc3c2sc2ccccc23)C=CCC1.Cc1cccc(-c2nc(-c3ccccc3)nc(-c3ccccc3)n2)c1. The second-order valence-electron chi connectivity index (χ2n) is 11.8. The summed E-state index contributed by atoms with van der Waals surface area (Å²) in [6.45, 7) is 6.59. The van der Waals surface area contributed by atoms with Gasteiger partial charge in [0.15, 0.2) is 17.5 Å². The molecule has 1 aliphatic carbocycles. The van der Waals surface area contributed by atoms with Gasteiger partial charge in [0.25, 0.3) is 0 Å². The molecule has 7 aromatic rings. The van der Waals surface area contributed by atoms with Crippen molar-refractivity contribution in [2.45, 2.75) is 33.6 Å². The van der Waals surface area contributed by atoms with Crippen LogP contribution in [0.4, 0.5) is 0 Å². The van der Waals surface area contributed by atoms with E-state index in [0.29, 0.717) is 17.5 Å². The summed E-state index contributed by atoms with van der Waals surface area (Å²) >= 11 is 1.93. The summed E-state index contributed by atoms with van der Waals surface area (Å²) in [5.74, 6) is 2.06. The van der Waals surface area contributed by atoms with Crippen LogP contribution in [-0.2, 0) is 0 Å². The molecule has 0 spiro atoms. The van der Waals surface area contributed by atoms with Crippen molar-refractivity contribution in [1.82, 2.24) is 15.0 Å². The minimum absolute atomic E-state index is 0.686. The molecule has 0 unspecified atom stereocenters. The van der Waals surface area contributed by atoms with Crippen LogP contribution in [0.3, 0.4) is 0 Å². The minimum atomic E-state index is 0.686. The van der Waals surface area contributed by atoms with Crippen molar-refractivity contribution in [3.63, 3.8) is 0 Å². The minimum Gasteiger partial charge on any atom is -0.208 e. The highest BCUT2D eigenvalue weighted by Gasteiger charge is 2.16. The second-order valence-corrected chi connectivity index (χ2v) is 12.8. The number of allylic oxidation sites excluding steroid dienone is 4. The summed E-state index contributed by atoms with van der Waals surface area (Å²) in [4.78, 5) is 14.1. The van der Waals surface area contributed by atoms with E-state index in [1.165, 1.54) is 60.9 Å². The van der Waals surface area contributed by atoms with Gasteiger partial charge in [0.1, 0.15) is 0 Å². The van der Waals surface area contributed by atoms with Crippen molar-refractivity contribution < 1.29 is 0 Å². The summed E-state index contributed by atoms with van der Waals surface area (Å²) in [5, 5.41) is 2.78. The summed E-state index contributed by atoms with van der Waals surface area (Å²) in [5.41, 5.74) is 9.93. The Kier molecular flexibility index (Phi) is 8.37. The number of aromatic nitrogens is 3. The average Bonchev–Trinajstić information content (AvgIpc) is 3.48. The first-order valence-electron chi connectivity index (χ1n) is 15.8. The normalized spacial score (nSPS) is 12.8. The number of aryl methyl sites for hydroxylation is 2. The van der Waals surface area contributed by atoms with Crippen molar-refractivity contribution >= 4 is 37.1 Å². The Labute approximate surface area is 274 Å². The van der Waals surface area contributed by atoms with Gasteiger partial charge < -0.3 is 0 Å². The number of nitrogens with zero attached hydrogens (tertiary/aromatic N) is 3. The number of hydrogen-bond acceptors (Lipinski definition) is 4. The lowest BCUT2D eigenvalue weighted by atomic mass is 9.90. The van der Waals surface area contributed by atoms with Crippen molar-refractivity contribution in [2.24, 2.45) is 0 Å². The van der Waals surface area contributed by atoms with Gasteiger partial charge in [-0.05, 0) is 56.9 Å². The Morgan fingerprint density at radius 2 is 1.17 bits per heavy atom. The van der Waals surface area contributed by atoms with Crippen LogP contribution in [0.25, 0.3) is 59.9 Å². The van der Waals surface area contributed by atoms with E-state index in [-0.39, 0.29) is 0 Å². The predicted molar refractivity (Wildman–Crippen MR) is 196 cm³/mol. The first-order chi connectivity index (χ1) is 22.5. The van der Waals surface area contributed by atoms with Crippen molar-refractivity contribution in [3.05, 3.63) is 156 Å². The zero-order valence-corrected chi connectivity index (χ0v) is 27.2. The molecule has 4 heteroatoms. The van der Waals surface area contributed by atoms with E-state index in [2.05, 4.69) is 81.5 Å². The average molecular weight is 614 g/mol. The Morgan fingerprint density at radius 3 is 1.83 bits per heavy atom. The molecule has 224 valence electrons. The standard InChI is InChI=1S/C22H17N3.C20H18S/c1-16-9-8-14-19(15-16)22-24-20(17-10-4-2-5-11-17)23-21(25-22)18-12-6-3-7-13-18;1-13-7-3-4-8-15(13)19-14(2)11-12-17-16-9-5-6-10-18(16)21-20(17)19/h2-15H,1H3;4-6,8-12H,3,7H2,1-2H3. The maximum Gasteiger partial charge on any atom is 0.164 e. The fraction of sp³-hybridized carbons (Fsp3) is 0.119. The van der Waals surface area contributed by atoms with E-state index in [0.717, 1.165) is 16.7 Å². The van der Waals surface area contributed by atoms with Crippen LogP contribution in [0.15, 0.2) is 139 Å². The molecule has 8 rings (SSSR count). The smallest absolute Gasteiger partial charge is 0.164 e. The van der Waals surface area contributed by atoms with Gasteiger partial charge in [0.2, 0.25) is 0 Å². The van der Waals surface area contributed by atoms with Crippen molar-refractivity contribution in [2.75, 3.05) is 0 Å². The molecular formula is C42H35N3S. The highest BCUT2D eigenvalue weighted by atomic mass is 32.1. The van der Waals surface area contributed by atoms with Crippen LogP contribution >= 0.6 is 11.3 Å². The first kappa shape index (κ1) is 29.5. The monoisotopic (exact) mass is 613 g/mol. The lowest BCUT2D eigenvalue weighted by Gasteiger charge is -2.16. The quantitative estimate of drug-likeness (QED) is 0.198. The molecule has 46 heavy (non-hydrogen) atoms. The Morgan fingerprint density at radius 1 is 0.565 bits per heavy atom. The van der Waals surface area contributed by atoms with E-state index in [1.54, 1.807) is 0 Å². The van der Waals surface area contributed by atoms with E-state index in [1.807, 2.05) is 84.1 Å². The maximum atomic E-state index is 4.72. The summed E-state index contributed by atoms with van der Waals surface area (Å²) < 4.78 is 2.83. The van der Waals surface area contributed by atoms with Crippen LogP contribution in [0.2, 0.25) is 0 Å². The van der Waals surface area contributed by atoms with E-state index in [4.69, 9.17) is 15.0 Å². The maximum absolute atomic E-state index is 4.72. The summed E-state index contributed by atoms with van der Waals surface area (Å²) in [7, 11) is 0. The molecule has 0 fully saturated rings. The van der Waals surface area contributed by atoms with E-state index >= 15 is 0 Å². The van der Waals surface area contributed by atoms with Gasteiger partial charge >= 0.3 is 0 Å². The highest BCUT2D eigenvalue weighted by Crippen LogP contribution is 2.41. The molecule has 0 radical (unpaired) electrons. The Bertz CT molecular complexity index is 2170. The van der Waals surface area contributed by atoms with Crippen molar-refractivity contribution in [1.29, 1.82) is 0 Å². The van der Waals surface area contributed by atoms with E-state index < -0.39 is 0 Å². The van der Waals surface area contributed by atoms with Gasteiger partial charge in [-0.25, -0.2) is 15.0 Å². The molecule has 1 aliphatic rings. The first-order valence-corrected chi connectivity index (χ1v) is 16.6. The largest absolute Gasteiger partial charge is 0.208 e. The van der Waals surface area contributed by atoms with E-state index in [9.17, 15) is 0 Å². The number of thiophene rings is 1. The zero-order valence-electron chi connectivity index (χ0n) is 26.4. The molecule has 0 bridgehead atoms. The van der Waals surface area contributed by atoms with Gasteiger partial charge in [-0.15, -0.1) is 11.3 Å². The fourth-order valence-corrected chi connectivity index (χ4v) is 7.33. The Balaban J connectivity index is 0.000000149. The number of benzene rings is 5. The molecule has 3 nitrogen and oxygen atoms in total. The molecular weight excluding hydrogens is 579 g/mol. The lowest BCUT2D eigenvalue weighted by molar-refractivity contribution is 0.967. The van der Waals surface area contributed by atoms with Gasteiger partial charge in [0.05, 0.1) is 0 Å². The molecule has 0 saturated heterocycles. The van der Waals surface area contributed by atoms with Gasteiger partial charge in [-0.2, -0.15) is 0 Å². The molecule has 5 aromatic carbocycles. The molecule has 2 heterocycles. The molecule has 0 amide bonds. The third-order valence-corrected chi connectivity index (χ3v) is 9.63. The molecule has 0 atom stereocenters. The predicted octanol–water partition coefficient (Wildman–Crippen LogP) is 11.7. The van der Waals surface area contributed by atoms with Crippen LogP contribution in [0.5, 0.6) is 0 Å². The van der Waals surface area contributed by atoms with Gasteiger partial charge in [-0.1, -0.05) is 132 Å². The number of rotatable bonds is 4. The summed E-state index contributed by atoms with van der Waals surface area (Å²) in [6.07, 6.45) is 7.00. The number of fused-ring (bicyclic) bond motifs is 3. The zero-order chi connectivity index (χ0) is 31.5. The molecule has 2 aromatic heterocycles. The van der Waals surface area contributed by atoms with Crippen molar-refractivity contribution in [3.8, 4) is 34.2 Å². The van der Waals surface area contributed by atoms with Gasteiger partial charge in [-0.3, -0.25) is 0 Å². The molecule has 0 N–H and O–H groups in total. The third kappa shape index (κ3) is 6.04. The van der Waals surface area contributed by atoms with Crippen LogP contribution in [0, 0.1) is 13.8 Å². The highest BCUT2D eigenvalue weighted by molar-refractivity contribution is 7.26. The second kappa shape index (κ2) is 13.0. The number of hydrogen-bond donors (Lipinski definition) is 0. The van der Waals surface area contributed by atoms with Crippen LogP contribution < -0.4 is 0 Å². The van der Waals surface area contributed by atoms with Crippen LogP contribution in [0.1, 0.15) is 36.5 Å². The van der Waals surface area contributed by atoms with Crippen LogP contribution in [-0.4, -0.2) is 15.0 Å². The fourth-order valence-electron chi connectivity index (χ4n) is 6.02. The molecule has 0 aliphatic heterocycles. The molecule has 0 saturated carbocycles. The summed E-state index contributed by atoms with van der Waals surface area (Å²) in [6, 6.07) is 41.6.